The van der Waals surface area contributed by atoms with Gasteiger partial charge in [0, 0.05) is 24.7 Å². The first-order chi connectivity index (χ1) is 9.70. The lowest BCUT2D eigenvalue weighted by atomic mass is 10.1. The quantitative estimate of drug-likeness (QED) is 0.930. The maximum Gasteiger partial charge on any atom is 0.169 e. The van der Waals surface area contributed by atoms with Crippen LogP contribution in [-0.2, 0) is 0 Å². The molecule has 1 saturated heterocycles. The molecule has 5 nitrogen and oxygen atoms in total. The van der Waals surface area contributed by atoms with E-state index in [4.69, 9.17) is 15.0 Å². The monoisotopic (exact) mass is 273 g/mol. The summed E-state index contributed by atoms with van der Waals surface area (Å²) in [6, 6.07) is 9.57. The van der Waals surface area contributed by atoms with E-state index in [0.717, 1.165) is 37.2 Å². The number of nitrogens with zero attached hydrogens (tertiary/aromatic N) is 2. The van der Waals surface area contributed by atoms with E-state index >= 15 is 0 Å². The zero-order chi connectivity index (χ0) is 13.9. The fourth-order valence-corrected chi connectivity index (χ4v) is 2.42. The molecule has 106 valence electrons. The van der Waals surface area contributed by atoms with Crippen molar-refractivity contribution in [1.29, 1.82) is 0 Å². The highest BCUT2D eigenvalue weighted by Gasteiger charge is 2.18. The molecule has 1 aliphatic rings. The summed E-state index contributed by atoms with van der Waals surface area (Å²) in [6.07, 6.45) is 2.48. The predicted octanol–water partition coefficient (Wildman–Crippen LogP) is 2.40. The SMILES string of the molecule is CN1CCC(Oc2ccc(-c3cc(N)no3)cc2)CC1. The lowest BCUT2D eigenvalue weighted by Crippen LogP contribution is -2.35. The van der Waals surface area contributed by atoms with Gasteiger partial charge in [0.05, 0.1) is 0 Å². The highest BCUT2D eigenvalue weighted by molar-refractivity contribution is 5.60. The maximum atomic E-state index is 6.00. The Morgan fingerprint density at radius 1 is 1.25 bits per heavy atom. The molecule has 0 amide bonds. The zero-order valence-corrected chi connectivity index (χ0v) is 11.6. The largest absolute Gasteiger partial charge is 0.490 e. The number of rotatable bonds is 3. The number of hydrogen-bond donors (Lipinski definition) is 1. The minimum atomic E-state index is 0.318. The molecule has 0 spiro atoms. The van der Waals surface area contributed by atoms with Crippen molar-refractivity contribution in [3.63, 3.8) is 0 Å². The van der Waals surface area contributed by atoms with Gasteiger partial charge in [0.15, 0.2) is 11.6 Å². The molecule has 3 rings (SSSR count). The van der Waals surface area contributed by atoms with Crippen molar-refractivity contribution in [2.75, 3.05) is 25.9 Å². The van der Waals surface area contributed by atoms with Crippen LogP contribution in [-0.4, -0.2) is 36.3 Å². The molecule has 5 heteroatoms. The molecule has 1 aliphatic heterocycles. The van der Waals surface area contributed by atoms with E-state index in [-0.39, 0.29) is 0 Å². The first-order valence-corrected chi connectivity index (χ1v) is 6.88. The van der Waals surface area contributed by atoms with Gasteiger partial charge in [-0.05, 0) is 44.2 Å². The molecule has 0 radical (unpaired) electrons. The van der Waals surface area contributed by atoms with Crippen LogP contribution in [0, 0.1) is 0 Å². The van der Waals surface area contributed by atoms with Crippen LogP contribution in [0.15, 0.2) is 34.9 Å². The number of piperidine rings is 1. The molecular formula is C15H19N3O2. The predicted molar refractivity (Wildman–Crippen MR) is 77.5 cm³/mol. The van der Waals surface area contributed by atoms with Gasteiger partial charge in [-0.25, -0.2) is 0 Å². The minimum Gasteiger partial charge on any atom is -0.490 e. The zero-order valence-electron chi connectivity index (χ0n) is 11.6. The van der Waals surface area contributed by atoms with Gasteiger partial charge in [-0.2, -0.15) is 0 Å². The molecule has 1 fully saturated rings. The lowest BCUT2D eigenvalue weighted by Gasteiger charge is -2.29. The first kappa shape index (κ1) is 13.0. The average Bonchev–Trinajstić information content (AvgIpc) is 2.89. The van der Waals surface area contributed by atoms with Crippen molar-refractivity contribution in [3.05, 3.63) is 30.3 Å². The van der Waals surface area contributed by atoms with Gasteiger partial charge in [-0.3, -0.25) is 0 Å². The van der Waals surface area contributed by atoms with Gasteiger partial charge < -0.3 is 19.9 Å². The molecule has 20 heavy (non-hydrogen) atoms. The topological polar surface area (TPSA) is 64.5 Å². The highest BCUT2D eigenvalue weighted by Crippen LogP contribution is 2.25. The van der Waals surface area contributed by atoms with E-state index in [1.54, 1.807) is 6.07 Å². The Morgan fingerprint density at radius 3 is 2.55 bits per heavy atom. The minimum absolute atomic E-state index is 0.318. The van der Waals surface area contributed by atoms with E-state index in [1.165, 1.54) is 0 Å². The number of nitrogens with two attached hydrogens (primary N) is 1. The molecule has 1 aromatic carbocycles. The molecule has 0 aliphatic carbocycles. The fourth-order valence-electron chi connectivity index (χ4n) is 2.42. The number of aromatic nitrogens is 1. The Morgan fingerprint density at radius 2 is 1.95 bits per heavy atom. The summed E-state index contributed by atoms with van der Waals surface area (Å²) in [4.78, 5) is 2.33. The third-order valence-corrected chi connectivity index (χ3v) is 3.64. The molecule has 2 aromatic rings. The van der Waals surface area contributed by atoms with Crippen molar-refractivity contribution in [1.82, 2.24) is 10.1 Å². The number of benzene rings is 1. The van der Waals surface area contributed by atoms with Gasteiger partial charge in [-0.1, -0.05) is 5.16 Å². The average molecular weight is 273 g/mol. The number of likely N-dealkylation sites (tertiary alicyclic amines) is 1. The third kappa shape index (κ3) is 2.93. The second-order valence-corrected chi connectivity index (χ2v) is 5.26. The van der Waals surface area contributed by atoms with Crippen molar-refractivity contribution >= 4 is 5.82 Å². The molecule has 2 N–H and O–H groups in total. The van der Waals surface area contributed by atoms with Crippen LogP contribution in [0.3, 0.4) is 0 Å². The summed E-state index contributed by atoms with van der Waals surface area (Å²) in [5.41, 5.74) is 6.50. The Kier molecular flexibility index (Phi) is 3.60. The Hall–Kier alpha value is -2.01. The number of nitrogen functional groups attached to an aromatic ring is 1. The fraction of sp³-hybridized carbons (Fsp3) is 0.400. The number of ether oxygens (including phenoxy) is 1. The van der Waals surface area contributed by atoms with Crippen molar-refractivity contribution < 1.29 is 9.26 Å². The normalized spacial score (nSPS) is 17.2. The molecule has 0 bridgehead atoms. The first-order valence-electron chi connectivity index (χ1n) is 6.88. The van der Waals surface area contributed by atoms with Crippen LogP contribution in [0.25, 0.3) is 11.3 Å². The van der Waals surface area contributed by atoms with E-state index < -0.39 is 0 Å². The highest BCUT2D eigenvalue weighted by atomic mass is 16.5. The van der Waals surface area contributed by atoms with Crippen LogP contribution in [0.1, 0.15) is 12.8 Å². The summed E-state index contributed by atoms with van der Waals surface area (Å²) in [6.45, 7) is 2.19. The lowest BCUT2D eigenvalue weighted by molar-refractivity contribution is 0.114. The van der Waals surface area contributed by atoms with Crippen LogP contribution in [0.2, 0.25) is 0 Å². The Balaban J connectivity index is 1.64. The Bertz CT molecular complexity index is 557. The summed E-state index contributed by atoms with van der Waals surface area (Å²) in [5, 5.41) is 3.68. The summed E-state index contributed by atoms with van der Waals surface area (Å²) in [5.74, 6) is 1.97. The van der Waals surface area contributed by atoms with E-state index in [9.17, 15) is 0 Å². The second kappa shape index (κ2) is 5.54. The molecule has 0 atom stereocenters. The van der Waals surface area contributed by atoms with Gasteiger partial charge in [0.1, 0.15) is 11.9 Å². The Labute approximate surface area is 118 Å². The number of anilines is 1. The van der Waals surface area contributed by atoms with Crippen LogP contribution in [0.5, 0.6) is 5.75 Å². The van der Waals surface area contributed by atoms with Crippen LogP contribution in [0.4, 0.5) is 5.82 Å². The smallest absolute Gasteiger partial charge is 0.169 e. The molecule has 2 heterocycles. The second-order valence-electron chi connectivity index (χ2n) is 5.26. The third-order valence-electron chi connectivity index (χ3n) is 3.64. The molecule has 0 unspecified atom stereocenters. The van der Waals surface area contributed by atoms with Crippen LogP contribution < -0.4 is 10.5 Å². The molecule has 1 aromatic heterocycles. The summed E-state index contributed by atoms with van der Waals surface area (Å²) in [7, 11) is 2.15. The van der Waals surface area contributed by atoms with E-state index in [1.807, 2.05) is 24.3 Å². The molecule has 0 saturated carbocycles. The van der Waals surface area contributed by atoms with Crippen molar-refractivity contribution in [2.24, 2.45) is 0 Å². The standard InChI is InChI=1S/C15H19N3O2/c1-18-8-6-13(7-9-18)19-12-4-2-11(3-5-12)14-10-15(16)17-20-14/h2-5,10,13H,6-9H2,1H3,(H2,16,17). The van der Waals surface area contributed by atoms with Gasteiger partial charge in [0.25, 0.3) is 0 Å². The maximum absolute atomic E-state index is 6.00. The van der Waals surface area contributed by atoms with E-state index in [2.05, 4.69) is 17.1 Å². The molecular weight excluding hydrogens is 254 g/mol. The van der Waals surface area contributed by atoms with Gasteiger partial charge in [0.2, 0.25) is 0 Å². The van der Waals surface area contributed by atoms with Gasteiger partial charge in [-0.15, -0.1) is 0 Å². The van der Waals surface area contributed by atoms with E-state index in [0.29, 0.717) is 17.7 Å². The summed E-state index contributed by atoms with van der Waals surface area (Å²) >= 11 is 0. The summed E-state index contributed by atoms with van der Waals surface area (Å²) < 4.78 is 11.1. The van der Waals surface area contributed by atoms with Crippen molar-refractivity contribution in [3.8, 4) is 17.1 Å². The van der Waals surface area contributed by atoms with Crippen molar-refractivity contribution in [2.45, 2.75) is 18.9 Å². The van der Waals surface area contributed by atoms with Gasteiger partial charge >= 0.3 is 0 Å². The number of hydrogen-bond acceptors (Lipinski definition) is 5. The van der Waals surface area contributed by atoms with Crippen LogP contribution >= 0.6 is 0 Å².